The topological polar surface area (TPSA) is 32.3 Å². The van der Waals surface area contributed by atoms with Gasteiger partial charge in [-0.3, -0.25) is 4.98 Å². The number of piperazine rings is 1. The number of pyridine rings is 2. The summed E-state index contributed by atoms with van der Waals surface area (Å²) in [7, 11) is 2.17. The van der Waals surface area contributed by atoms with Crippen molar-refractivity contribution in [2.24, 2.45) is 0 Å². The average molecular weight is 268 g/mol. The minimum Gasteiger partial charge on any atom is -0.354 e. The van der Waals surface area contributed by atoms with Crippen LogP contribution in [0.2, 0.25) is 0 Å². The summed E-state index contributed by atoms with van der Waals surface area (Å²) in [5.74, 6) is 1.07. The van der Waals surface area contributed by atoms with Crippen LogP contribution in [0.25, 0.3) is 11.1 Å². The lowest BCUT2D eigenvalue weighted by molar-refractivity contribution is 0.312. The van der Waals surface area contributed by atoms with Crippen molar-refractivity contribution < 1.29 is 0 Å². The average Bonchev–Trinajstić information content (AvgIpc) is 2.49. The van der Waals surface area contributed by atoms with E-state index >= 15 is 0 Å². The molecule has 0 radical (unpaired) electrons. The van der Waals surface area contributed by atoms with Gasteiger partial charge in [0.25, 0.3) is 0 Å². The van der Waals surface area contributed by atoms with E-state index in [2.05, 4.69) is 45.0 Å². The number of anilines is 1. The number of likely N-dealkylation sites (N-methyl/N-ethyl adjacent to an activating group) is 1. The van der Waals surface area contributed by atoms with Crippen molar-refractivity contribution in [1.82, 2.24) is 14.9 Å². The largest absolute Gasteiger partial charge is 0.354 e. The minimum atomic E-state index is 1.04. The second-order valence-electron chi connectivity index (χ2n) is 5.33. The summed E-state index contributed by atoms with van der Waals surface area (Å²) in [4.78, 5) is 13.6. The van der Waals surface area contributed by atoms with Crippen LogP contribution in [0.3, 0.4) is 0 Å². The molecule has 0 atom stereocenters. The van der Waals surface area contributed by atoms with Crippen LogP contribution in [0, 0.1) is 6.92 Å². The monoisotopic (exact) mass is 268 g/mol. The van der Waals surface area contributed by atoms with E-state index in [1.54, 1.807) is 0 Å². The predicted molar refractivity (Wildman–Crippen MR) is 81.9 cm³/mol. The van der Waals surface area contributed by atoms with E-state index in [4.69, 9.17) is 0 Å². The number of rotatable bonds is 2. The summed E-state index contributed by atoms with van der Waals surface area (Å²) in [6.07, 6.45) is 3.73. The molecule has 1 aliphatic rings. The van der Waals surface area contributed by atoms with Gasteiger partial charge < -0.3 is 9.80 Å². The van der Waals surface area contributed by atoms with Crippen molar-refractivity contribution in [2.75, 3.05) is 38.1 Å². The van der Waals surface area contributed by atoms with E-state index in [1.165, 1.54) is 11.1 Å². The molecule has 1 saturated heterocycles. The first-order valence-electron chi connectivity index (χ1n) is 7.05. The van der Waals surface area contributed by atoms with Gasteiger partial charge in [-0.2, -0.15) is 0 Å². The molecule has 0 amide bonds. The number of nitrogens with zero attached hydrogens (tertiary/aromatic N) is 4. The van der Waals surface area contributed by atoms with E-state index in [1.807, 2.05) is 25.4 Å². The van der Waals surface area contributed by atoms with Crippen LogP contribution < -0.4 is 4.90 Å². The molecule has 1 fully saturated rings. The Morgan fingerprint density at radius 2 is 1.80 bits per heavy atom. The summed E-state index contributed by atoms with van der Waals surface area (Å²) in [5.41, 5.74) is 3.44. The zero-order valence-corrected chi connectivity index (χ0v) is 12.1. The maximum Gasteiger partial charge on any atom is 0.129 e. The van der Waals surface area contributed by atoms with Gasteiger partial charge in [0.05, 0.1) is 0 Å². The maximum absolute atomic E-state index is 4.53. The fraction of sp³-hybridized carbons (Fsp3) is 0.375. The molecule has 0 spiro atoms. The third-order valence-corrected chi connectivity index (χ3v) is 3.89. The molecule has 0 unspecified atom stereocenters. The van der Waals surface area contributed by atoms with Crippen molar-refractivity contribution in [2.45, 2.75) is 6.92 Å². The molecule has 1 aliphatic heterocycles. The van der Waals surface area contributed by atoms with Gasteiger partial charge in [0.2, 0.25) is 0 Å². The van der Waals surface area contributed by atoms with Gasteiger partial charge in [-0.25, -0.2) is 4.98 Å². The Balaban J connectivity index is 1.88. The first-order valence-corrected chi connectivity index (χ1v) is 7.05. The lowest BCUT2D eigenvalue weighted by Crippen LogP contribution is -2.44. The molecule has 3 rings (SSSR count). The summed E-state index contributed by atoms with van der Waals surface area (Å²) >= 11 is 0. The number of hydrogen-bond donors (Lipinski definition) is 0. The number of aromatic nitrogens is 2. The molecule has 0 saturated carbocycles. The van der Waals surface area contributed by atoms with Crippen molar-refractivity contribution in [3.05, 3.63) is 42.4 Å². The molecule has 4 heteroatoms. The number of hydrogen-bond acceptors (Lipinski definition) is 4. The highest BCUT2D eigenvalue weighted by atomic mass is 15.3. The van der Waals surface area contributed by atoms with E-state index in [-0.39, 0.29) is 0 Å². The Labute approximate surface area is 120 Å². The number of aryl methyl sites for hydroxylation is 1. The van der Waals surface area contributed by atoms with Gasteiger partial charge >= 0.3 is 0 Å². The smallest absolute Gasteiger partial charge is 0.129 e. The summed E-state index contributed by atoms with van der Waals surface area (Å²) in [5, 5.41) is 0. The van der Waals surface area contributed by atoms with Gasteiger partial charge in [0.15, 0.2) is 0 Å². The summed E-state index contributed by atoms with van der Waals surface area (Å²) < 4.78 is 0. The summed E-state index contributed by atoms with van der Waals surface area (Å²) in [6, 6.07) is 8.34. The van der Waals surface area contributed by atoms with Gasteiger partial charge in [-0.15, -0.1) is 0 Å². The SMILES string of the molecule is Cc1ncccc1-c1ccnc(N2CCN(C)CC2)c1. The lowest BCUT2D eigenvalue weighted by atomic mass is 10.1. The molecule has 0 aliphatic carbocycles. The van der Waals surface area contributed by atoms with Crippen LogP contribution in [-0.2, 0) is 0 Å². The standard InChI is InChI=1S/C16H20N4/c1-13-15(4-3-6-17-13)14-5-7-18-16(12-14)20-10-8-19(2)9-11-20/h3-7,12H,8-11H2,1-2H3. The van der Waals surface area contributed by atoms with Crippen LogP contribution in [0.1, 0.15) is 5.69 Å². The van der Waals surface area contributed by atoms with Gasteiger partial charge in [-0.1, -0.05) is 6.07 Å². The first-order chi connectivity index (χ1) is 9.74. The van der Waals surface area contributed by atoms with Crippen molar-refractivity contribution in [3.63, 3.8) is 0 Å². The van der Waals surface area contributed by atoms with Gasteiger partial charge in [0.1, 0.15) is 5.82 Å². The van der Waals surface area contributed by atoms with E-state index in [0.717, 1.165) is 37.7 Å². The lowest BCUT2D eigenvalue weighted by Gasteiger charge is -2.33. The molecular weight excluding hydrogens is 248 g/mol. The van der Waals surface area contributed by atoms with Crippen LogP contribution in [0.5, 0.6) is 0 Å². The highest BCUT2D eigenvalue weighted by molar-refractivity contribution is 5.68. The molecule has 3 heterocycles. The second-order valence-corrected chi connectivity index (χ2v) is 5.33. The molecule has 0 bridgehead atoms. The minimum absolute atomic E-state index is 1.04. The fourth-order valence-corrected chi connectivity index (χ4v) is 2.58. The van der Waals surface area contributed by atoms with Crippen molar-refractivity contribution in [1.29, 1.82) is 0 Å². The van der Waals surface area contributed by atoms with Crippen LogP contribution in [0.4, 0.5) is 5.82 Å². The van der Waals surface area contributed by atoms with E-state index in [0.29, 0.717) is 0 Å². The van der Waals surface area contributed by atoms with Crippen molar-refractivity contribution in [3.8, 4) is 11.1 Å². The highest BCUT2D eigenvalue weighted by Crippen LogP contribution is 2.25. The second kappa shape index (κ2) is 5.59. The quantitative estimate of drug-likeness (QED) is 0.836. The van der Waals surface area contributed by atoms with Gasteiger partial charge in [0, 0.05) is 49.8 Å². The Hall–Kier alpha value is -1.94. The third kappa shape index (κ3) is 2.65. The zero-order valence-electron chi connectivity index (χ0n) is 12.1. The van der Waals surface area contributed by atoms with Crippen LogP contribution in [-0.4, -0.2) is 48.1 Å². The fourth-order valence-electron chi connectivity index (χ4n) is 2.58. The van der Waals surface area contributed by atoms with E-state index < -0.39 is 0 Å². The normalized spacial score (nSPS) is 16.4. The maximum atomic E-state index is 4.53. The molecule has 2 aromatic heterocycles. The molecule has 104 valence electrons. The Morgan fingerprint density at radius 1 is 1.00 bits per heavy atom. The predicted octanol–water partition coefficient (Wildman–Crippen LogP) is 2.20. The molecule has 0 N–H and O–H groups in total. The van der Waals surface area contributed by atoms with Crippen LogP contribution >= 0.6 is 0 Å². The zero-order chi connectivity index (χ0) is 13.9. The molecule has 0 aromatic carbocycles. The Bertz CT molecular complexity index is 589. The molecule has 4 nitrogen and oxygen atoms in total. The molecular formula is C16H20N4. The van der Waals surface area contributed by atoms with Crippen LogP contribution in [0.15, 0.2) is 36.7 Å². The summed E-state index contributed by atoms with van der Waals surface area (Å²) in [6.45, 7) is 6.32. The molecule has 2 aromatic rings. The Kier molecular flexibility index (Phi) is 3.65. The molecule has 20 heavy (non-hydrogen) atoms. The van der Waals surface area contributed by atoms with Crippen molar-refractivity contribution >= 4 is 5.82 Å². The Morgan fingerprint density at radius 3 is 2.55 bits per heavy atom. The van der Waals surface area contributed by atoms with E-state index in [9.17, 15) is 0 Å². The first kappa shape index (κ1) is 13.1. The van der Waals surface area contributed by atoms with Gasteiger partial charge in [-0.05, 0) is 37.7 Å². The highest BCUT2D eigenvalue weighted by Gasteiger charge is 2.15. The third-order valence-electron chi connectivity index (χ3n) is 3.89.